The predicted octanol–water partition coefficient (Wildman–Crippen LogP) is 2.24. The molecule has 2 heterocycles. The quantitative estimate of drug-likeness (QED) is 0.875. The summed E-state index contributed by atoms with van der Waals surface area (Å²) in [6.07, 6.45) is 5.65. The zero-order valence-corrected chi connectivity index (χ0v) is 13.9. The van der Waals surface area contributed by atoms with Crippen LogP contribution in [0.4, 0.5) is 0 Å². The van der Waals surface area contributed by atoms with Gasteiger partial charge in [0.05, 0.1) is 12.5 Å². The third-order valence-corrected chi connectivity index (χ3v) is 4.90. The van der Waals surface area contributed by atoms with Gasteiger partial charge in [-0.25, -0.2) is 0 Å². The van der Waals surface area contributed by atoms with E-state index >= 15 is 0 Å². The van der Waals surface area contributed by atoms with E-state index in [1.54, 1.807) is 0 Å². The van der Waals surface area contributed by atoms with Crippen LogP contribution < -0.4 is 5.32 Å². The maximum Gasteiger partial charge on any atom is 0.225 e. The fourth-order valence-electron chi connectivity index (χ4n) is 3.57. The molecule has 126 valence electrons. The van der Waals surface area contributed by atoms with Crippen LogP contribution in [-0.4, -0.2) is 49.7 Å². The van der Waals surface area contributed by atoms with Crippen LogP contribution >= 0.6 is 0 Å². The van der Waals surface area contributed by atoms with Gasteiger partial charge in [-0.2, -0.15) is 0 Å². The van der Waals surface area contributed by atoms with Crippen LogP contribution in [0.15, 0.2) is 30.3 Å². The van der Waals surface area contributed by atoms with Crippen LogP contribution in [0, 0.1) is 5.92 Å². The van der Waals surface area contributed by atoms with Gasteiger partial charge in [0, 0.05) is 19.2 Å². The summed E-state index contributed by atoms with van der Waals surface area (Å²) >= 11 is 0. The Kier molecular flexibility index (Phi) is 6.06. The van der Waals surface area contributed by atoms with Crippen molar-refractivity contribution in [2.45, 2.75) is 38.1 Å². The number of benzene rings is 1. The smallest absolute Gasteiger partial charge is 0.225 e. The molecule has 0 aliphatic carbocycles. The number of amides is 1. The molecule has 2 atom stereocenters. The second kappa shape index (κ2) is 8.46. The molecule has 1 aromatic rings. The van der Waals surface area contributed by atoms with Gasteiger partial charge in [0.2, 0.25) is 5.91 Å². The lowest BCUT2D eigenvalue weighted by atomic mass is 10.0. The lowest BCUT2D eigenvalue weighted by Crippen LogP contribution is -2.48. The number of nitrogens with zero attached hydrogens (tertiary/aromatic N) is 1. The molecule has 2 aliphatic heterocycles. The second-order valence-corrected chi connectivity index (χ2v) is 6.82. The van der Waals surface area contributed by atoms with E-state index in [9.17, 15) is 4.79 Å². The van der Waals surface area contributed by atoms with Crippen LogP contribution in [0.2, 0.25) is 0 Å². The van der Waals surface area contributed by atoms with Crippen molar-refractivity contribution in [1.82, 2.24) is 10.2 Å². The molecule has 4 heteroatoms. The van der Waals surface area contributed by atoms with Gasteiger partial charge in [-0.3, -0.25) is 4.79 Å². The van der Waals surface area contributed by atoms with Gasteiger partial charge < -0.3 is 15.0 Å². The van der Waals surface area contributed by atoms with Crippen molar-refractivity contribution in [3.63, 3.8) is 0 Å². The number of carbonyl (C=O) groups is 1. The van der Waals surface area contributed by atoms with E-state index in [1.807, 2.05) is 6.07 Å². The molecular formula is C19H28N2O2. The molecule has 0 saturated carbocycles. The lowest BCUT2D eigenvalue weighted by Gasteiger charge is -2.31. The van der Waals surface area contributed by atoms with Gasteiger partial charge in [0.15, 0.2) is 0 Å². The van der Waals surface area contributed by atoms with E-state index in [-0.39, 0.29) is 17.9 Å². The first-order valence-corrected chi connectivity index (χ1v) is 8.95. The molecule has 2 aliphatic rings. The maximum absolute atomic E-state index is 12.5. The van der Waals surface area contributed by atoms with Gasteiger partial charge in [0.1, 0.15) is 0 Å². The molecule has 2 saturated heterocycles. The predicted molar refractivity (Wildman–Crippen MR) is 91.3 cm³/mol. The highest BCUT2D eigenvalue weighted by molar-refractivity contribution is 5.79. The monoisotopic (exact) mass is 316 g/mol. The Morgan fingerprint density at radius 1 is 1.22 bits per heavy atom. The van der Waals surface area contributed by atoms with Crippen molar-refractivity contribution >= 4 is 5.91 Å². The van der Waals surface area contributed by atoms with Crippen molar-refractivity contribution in [2.24, 2.45) is 5.92 Å². The molecule has 23 heavy (non-hydrogen) atoms. The number of carbonyl (C=O) groups excluding carboxylic acids is 1. The summed E-state index contributed by atoms with van der Waals surface area (Å²) < 4.78 is 5.36. The molecule has 0 radical (unpaired) electrons. The molecule has 2 fully saturated rings. The van der Waals surface area contributed by atoms with Gasteiger partial charge in [-0.1, -0.05) is 36.8 Å². The maximum atomic E-state index is 12.5. The van der Waals surface area contributed by atoms with E-state index in [2.05, 4.69) is 34.5 Å². The fraction of sp³-hybridized carbons (Fsp3) is 0.632. The molecule has 2 unspecified atom stereocenters. The highest BCUT2D eigenvalue weighted by Crippen LogP contribution is 2.15. The van der Waals surface area contributed by atoms with Crippen molar-refractivity contribution < 1.29 is 9.53 Å². The first-order valence-electron chi connectivity index (χ1n) is 8.95. The first-order chi connectivity index (χ1) is 11.3. The second-order valence-electron chi connectivity index (χ2n) is 6.82. The Morgan fingerprint density at radius 2 is 2.00 bits per heavy atom. The van der Waals surface area contributed by atoms with E-state index in [1.165, 1.54) is 24.8 Å². The molecular weight excluding hydrogens is 288 g/mol. The summed E-state index contributed by atoms with van der Waals surface area (Å²) in [5.74, 6) is 0.204. The highest BCUT2D eigenvalue weighted by atomic mass is 16.5. The van der Waals surface area contributed by atoms with Crippen molar-refractivity contribution in [3.05, 3.63) is 35.9 Å². The van der Waals surface area contributed by atoms with Crippen molar-refractivity contribution in [2.75, 3.05) is 32.8 Å². The van der Waals surface area contributed by atoms with Crippen molar-refractivity contribution in [3.8, 4) is 0 Å². The van der Waals surface area contributed by atoms with E-state index in [0.717, 1.165) is 32.5 Å². The van der Waals surface area contributed by atoms with E-state index < -0.39 is 0 Å². The third kappa shape index (κ3) is 5.05. The molecule has 0 aromatic heterocycles. The van der Waals surface area contributed by atoms with Crippen LogP contribution in [0.1, 0.15) is 31.2 Å². The Balaban J connectivity index is 1.60. The molecule has 4 nitrogen and oxygen atoms in total. The normalized spacial score (nSPS) is 23.6. The van der Waals surface area contributed by atoms with E-state index in [0.29, 0.717) is 13.2 Å². The third-order valence-electron chi connectivity index (χ3n) is 4.90. The number of ether oxygens (including phenoxy) is 1. The number of hydrogen-bond acceptors (Lipinski definition) is 3. The van der Waals surface area contributed by atoms with Gasteiger partial charge in [-0.15, -0.1) is 0 Å². The SMILES string of the molecule is O=C(NC(Cc1ccccc1)CN1CCCCC1)C1CCOC1. The average Bonchev–Trinajstić information content (AvgIpc) is 3.11. The number of hydrogen-bond donors (Lipinski definition) is 1. The summed E-state index contributed by atoms with van der Waals surface area (Å²) in [5, 5.41) is 3.29. The highest BCUT2D eigenvalue weighted by Gasteiger charge is 2.26. The molecule has 0 spiro atoms. The molecule has 3 rings (SSSR count). The summed E-state index contributed by atoms with van der Waals surface area (Å²) in [4.78, 5) is 15.0. The number of piperidine rings is 1. The van der Waals surface area contributed by atoms with Crippen LogP contribution in [-0.2, 0) is 16.0 Å². The molecule has 1 N–H and O–H groups in total. The van der Waals surface area contributed by atoms with Crippen molar-refractivity contribution in [1.29, 1.82) is 0 Å². The lowest BCUT2D eigenvalue weighted by molar-refractivity contribution is -0.125. The molecule has 1 aromatic carbocycles. The van der Waals surface area contributed by atoms with E-state index in [4.69, 9.17) is 4.74 Å². The van der Waals surface area contributed by atoms with Gasteiger partial charge in [0.25, 0.3) is 0 Å². The number of rotatable bonds is 6. The average molecular weight is 316 g/mol. The topological polar surface area (TPSA) is 41.6 Å². The summed E-state index contributed by atoms with van der Waals surface area (Å²) in [6.45, 7) is 4.57. The fourth-order valence-corrected chi connectivity index (χ4v) is 3.57. The molecule has 1 amide bonds. The largest absolute Gasteiger partial charge is 0.381 e. The number of nitrogens with one attached hydrogen (secondary N) is 1. The van der Waals surface area contributed by atoms with Crippen LogP contribution in [0.5, 0.6) is 0 Å². The van der Waals surface area contributed by atoms with Crippen LogP contribution in [0.3, 0.4) is 0 Å². The zero-order chi connectivity index (χ0) is 15.9. The summed E-state index contributed by atoms with van der Waals surface area (Å²) in [6, 6.07) is 10.7. The minimum Gasteiger partial charge on any atom is -0.381 e. The van der Waals surface area contributed by atoms with Gasteiger partial charge in [-0.05, 0) is 44.3 Å². The summed E-state index contributed by atoms with van der Waals surface area (Å²) in [7, 11) is 0. The Morgan fingerprint density at radius 3 is 2.70 bits per heavy atom. The minimum absolute atomic E-state index is 0.0367. The Hall–Kier alpha value is -1.39. The Bertz CT molecular complexity index is 479. The minimum atomic E-state index is 0.0367. The van der Waals surface area contributed by atoms with Gasteiger partial charge >= 0.3 is 0 Å². The first kappa shape index (κ1) is 16.5. The Labute approximate surface area is 139 Å². The zero-order valence-electron chi connectivity index (χ0n) is 13.9. The molecule has 0 bridgehead atoms. The summed E-state index contributed by atoms with van der Waals surface area (Å²) in [5.41, 5.74) is 1.29. The number of likely N-dealkylation sites (tertiary alicyclic amines) is 1. The standard InChI is InChI=1S/C19H28N2O2/c22-19(17-9-12-23-15-17)20-18(13-16-7-3-1-4-8-16)14-21-10-5-2-6-11-21/h1,3-4,7-8,17-18H,2,5-6,9-15H2,(H,20,22). The van der Waals surface area contributed by atoms with Crippen LogP contribution in [0.25, 0.3) is 0 Å².